The molecular formula is C23H16. The molecule has 0 spiro atoms. The number of fused-ring (bicyclic) bond motifs is 7. The number of hydrogen-bond acceptors (Lipinski definition) is 0. The molecule has 0 atom stereocenters. The van der Waals surface area contributed by atoms with Crippen LogP contribution in [0.1, 0.15) is 5.56 Å². The fourth-order valence-electron chi connectivity index (χ4n) is 3.87. The molecule has 0 aliphatic heterocycles. The summed E-state index contributed by atoms with van der Waals surface area (Å²) in [6.07, 6.45) is 0. The summed E-state index contributed by atoms with van der Waals surface area (Å²) in [5.41, 5.74) is 1.34. The molecule has 0 amide bonds. The predicted octanol–water partition coefficient (Wildman–Crippen LogP) is 6.61. The van der Waals surface area contributed by atoms with Crippen molar-refractivity contribution in [1.29, 1.82) is 0 Å². The first kappa shape index (κ1) is 12.7. The normalized spacial score (nSPS) is 11.7. The van der Waals surface area contributed by atoms with Gasteiger partial charge in [-0.15, -0.1) is 0 Å². The zero-order chi connectivity index (χ0) is 15.4. The Bertz CT molecular complexity index is 1200. The van der Waals surface area contributed by atoms with Crippen LogP contribution in [0.4, 0.5) is 0 Å². The maximum Gasteiger partial charge on any atom is -0.00179 e. The first-order chi connectivity index (χ1) is 11.3. The van der Waals surface area contributed by atoms with Crippen LogP contribution in [0.3, 0.4) is 0 Å². The fraction of sp³-hybridized carbons (Fsp3) is 0.0435. The average Bonchev–Trinajstić information content (AvgIpc) is 2.61. The molecule has 0 radical (unpaired) electrons. The lowest BCUT2D eigenvalue weighted by Crippen LogP contribution is -1.85. The van der Waals surface area contributed by atoms with Gasteiger partial charge in [0.15, 0.2) is 0 Å². The summed E-state index contributed by atoms with van der Waals surface area (Å²) in [4.78, 5) is 0. The summed E-state index contributed by atoms with van der Waals surface area (Å²) >= 11 is 0. The molecule has 108 valence electrons. The third-order valence-corrected chi connectivity index (χ3v) is 4.94. The van der Waals surface area contributed by atoms with Crippen LogP contribution in [0.2, 0.25) is 0 Å². The number of hydrogen-bond donors (Lipinski definition) is 0. The van der Waals surface area contributed by atoms with Crippen molar-refractivity contribution < 1.29 is 0 Å². The summed E-state index contributed by atoms with van der Waals surface area (Å²) < 4.78 is 0. The van der Waals surface area contributed by atoms with E-state index in [1.165, 1.54) is 48.7 Å². The minimum absolute atomic E-state index is 1.30. The molecule has 0 aromatic heterocycles. The van der Waals surface area contributed by atoms with E-state index in [9.17, 15) is 0 Å². The highest BCUT2D eigenvalue weighted by Crippen LogP contribution is 2.37. The lowest BCUT2D eigenvalue weighted by Gasteiger charge is -2.12. The van der Waals surface area contributed by atoms with Crippen LogP contribution < -0.4 is 0 Å². The zero-order valence-corrected chi connectivity index (χ0v) is 13.0. The van der Waals surface area contributed by atoms with Crippen LogP contribution >= 0.6 is 0 Å². The van der Waals surface area contributed by atoms with Crippen molar-refractivity contribution in [2.45, 2.75) is 6.92 Å². The maximum atomic E-state index is 2.25. The van der Waals surface area contributed by atoms with Crippen molar-refractivity contribution in [3.63, 3.8) is 0 Å². The van der Waals surface area contributed by atoms with E-state index >= 15 is 0 Å². The van der Waals surface area contributed by atoms with Gasteiger partial charge in [-0.2, -0.15) is 0 Å². The van der Waals surface area contributed by atoms with Crippen LogP contribution in [0.25, 0.3) is 43.1 Å². The zero-order valence-electron chi connectivity index (χ0n) is 13.0. The Balaban J connectivity index is 2.21. The standard InChI is InChI=1S/C23H16/c1-15-5-4-7-17-11-13-19-14-12-18-10-9-16-6-2-3-8-20(16)22(18)23(19)21(15)17/h2-14H,1H3. The molecule has 0 bridgehead atoms. The summed E-state index contributed by atoms with van der Waals surface area (Å²) in [6.45, 7) is 2.21. The summed E-state index contributed by atoms with van der Waals surface area (Å²) in [6, 6.07) is 28.7. The first-order valence-electron chi connectivity index (χ1n) is 8.05. The molecule has 0 heteroatoms. The van der Waals surface area contributed by atoms with Crippen LogP contribution in [0.5, 0.6) is 0 Å². The molecule has 5 aromatic rings. The second-order valence-electron chi connectivity index (χ2n) is 6.29. The Morgan fingerprint density at radius 3 is 1.78 bits per heavy atom. The van der Waals surface area contributed by atoms with Crippen molar-refractivity contribution in [2.75, 3.05) is 0 Å². The fourth-order valence-corrected chi connectivity index (χ4v) is 3.87. The van der Waals surface area contributed by atoms with Gasteiger partial charge < -0.3 is 0 Å². The molecule has 0 N–H and O–H groups in total. The molecule has 5 aromatic carbocycles. The highest BCUT2D eigenvalue weighted by molar-refractivity contribution is 6.27. The molecule has 0 heterocycles. The Morgan fingerprint density at radius 2 is 1.00 bits per heavy atom. The molecule has 0 saturated carbocycles. The van der Waals surface area contributed by atoms with E-state index < -0.39 is 0 Å². The van der Waals surface area contributed by atoms with Gasteiger partial charge in [0.05, 0.1) is 0 Å². The summed E-state index contributed by atoms with van der Waals surface area (Å²) in [5.74, 6) is 0. The molecule has 0 aliphatic carbocycles. The first-order valence-corrected chi connectivity index (χ1v) is 8.05. The highest BCUT2D eigenvalue weighted by atomic mass is 14.1. The molecule has 0 fully saturated rings. The molecule has 0 aliphatic rings. The van der Waals surface area contributed by atoms with Gasteiger partial charge >= 0.3 is 0 Å². The molecule has 23 heavy (non-hydrogen) atoms. The Morgan fingerprint density at radius 1 is 0.435 bits per heavy atom. The van der Waals surface area contributed by atoms with Crippen LogP contribution in [0, 0.1) is 6.92 Å². The van der Waals surface area contributed by atoms with E-state index in [4.69, 9.17) is 0 Å². The van der Waals surface area contributed by atoms with Crippen LogP contribution in [-0.2, 0) is 0 Å². The van der Waals surface area contributed by atoms with E-state index in [2.05, 4.69) is 85.8 Å². The second kappa shape index (κ2) is 4.57. The van der Waals surface area contributed by atoms with E-state index in [1.807, 2.05) is 0 Å². The largest absolute Gasteiger partial charge is 0.0616 e. The smallest absolute Gasteiger partial charge is 0.00179 e. The second-order valence-corrected chi connectivity index (χ2v) is 6.29. The molecule has 0 saturated heterocycles. The maximum absolute atomic E-state index is 2.25. The van der Waals surface area contributed by atoms with Crippen molar-refractivity contribution >= 4 is 43.1 Å². The van der Waals surface area contributed by atoms with Gasteiger partial charge in [-0.05, 0) is 55.6 Å². The van der Waals surface area contributed by atoms with Crippen molar-refractivity contribution in [3.8, 4) is 0 Å². The molecule has 5 rings (SSSR count). The van der Waals surface area contributed by atoms with Gasteiger partial charge in [0.2, 0.25) is 0 Å². The van der Waals surface area contributed by atoms with E-state index in [1.54, 1.807) is 0 Å². The van der Waals surface area contributed by atoms with Crippen molar-refractivity contribution in [3.05, 3.63) is 84.4 Å². The van der Waals surface area contributed by atoms with Crippen molar-refractivity contribution in [1.82, 2.24) is 0 Å². The number of rotatable bonds is 0. The van der Waals surface area contributed by atoms with Crippen LogP contribution in [-0.4, -0.2) is 0 Å². The SMILES string of the molecule is Cc1cccc2ccc3ccc4ccc5ccccc5c4c3c12. The van der Waals surface area contributed by atoms with Crippen molar-refractivity contribution in [2.24, 2.45) is 0 Å². The van der Waals surface area contributed by atoms with Gasteiger partial charge in [0.25, 0.3) is 0 Å². The molecule has 0 unspecified atom stereocenters. The molecular weight excluding hydrogens is 276 g/mol. The van der Waals surface area contributed by atoms with Gasteiger partial charge in [-0.25, -0.2) is 0 Å². The lowest BCUT2D eigenvalue weighted by atomic mass is 9.91. The number of benzene rings is 5. The quantitative estimate of drug-likeness (QED) is 0.282. The Kier molecular flexibility index (Phi) is 2.51. The van der Waals surface area contributed by atoms with E-state index in [-0.39, 0.29) is 0 Å². The predicted molar refractivity (Wildman–Crippen MR) is 101 cm³/mol. The summed E-state index contributed by atoms with van der Waals surface area (Å²) in [5, 5.41) is 10.7. The van der Waals surface area contributed by atoms with Gasteiger partial charge in [0, 0.05) is 0 Å². The van der Waals surface area contributed by atoms with Crippen LogP contribution in [0.15, 0.2) is 78.9 Å². The third kappa shape index (κ3) is 1.72. The monoisotopic (exact) mass is 292 g/mol. The van der Waals surface area contributed by atoms with Gasteiger partial charge in [-0.1, -0.05) is 78.9 Å². The third-order valence-electron chi connectivity index (χ3n) is 4.94. The van der Waals surface area contributed by atoms with E-state index in [0.29, 0.717) is 0 Å². The van der Waals surface area contributed by atoms with Gasteiger partial charge in [0.1, 0.15) is 0 Å². The number of aryl methyl sites for hydroxylation is 1. The topological polar surface area (TPSA) is 0 Å². The highest BCUT2D eigenvalue weighted by Gasteiger charge is 2.09. The van der Waals surface area contributed by atoms with Gasteiger partial charge in [-0.3, -0.25) is 0 Å². The summed E-state index contributed by atoms with van der Waals surface area (Å²) in [7, 11) is 0. The lowest BCUT2D eigenvalue weighted by molar-refractivity contribution is 1.55. The Hall–Kier alpha value is -2.86. The average molecular weight is 292 g/mol. The molecule has 0 nitrogen and oxygen atoms in total. The van der Waals surface area contributed by atoms with E-state index in [0.717, 1.165) is 0 Å². The Labute approximate surface area is 135 Å². The minimum atomic E-state index is 1.30. The minimum Gasteiger partial charge on any atom is -0.0616 e.